The molecule has 0 bridgehead atoms. The Morgan fingerprint density at radius 3 is 2.33 bits per heavy atom. The van der Waals surface area contributed by atoms with Gasteiger partial charge in [0.15, 0.2) is 0 Å². The summed E-state index contributed by atoms with van der Waals surface area (Å²) in [6, 6.07) is 12.3. The molecule has 94 valence electrons. The summed E-state index contributed by atoms with van der Waals surface area (Å²) in [5.41, 5.74) is 4.69. The van der Waals surface area contributed by atoms with Crippen molar-refractivity contribution < 1.29 is 4.74 Å². The van der Waals surface area contributed by atoms with Crippen molar-refractivity contribution in [3.8, 4) is 5.75 Å². The van der Waals surface area contributed by atoms with Gasteiger partial charge >= 0.3 is 0 Å². The molecule has 1 nitrogen and oxygen atoms in total. The van der Waals surface area contributed by atoms with Crippen molar-refractivity contribution >= 4 is 12.6 Å². The fraction of sp³-hybridized carbons (Fsp3) is 0.250. The summed E-state index contributed by atoms with van der Waals surface area (Å²) in [7, 11) is 0. The lowest BCUT2D eigenvalue weighted by Crippen LogP contribution is -2.00. The van der Waals surface area contributed by atoms with Crippen LogP contribution in [0, 0.1) is 20.8 Å². The fourth-order valence-electron chi connectivity index (χ4n) is 1.99. The summed E-state index contributed by atoms with van der Waals surface area (Å²) in [6.07, 6.45) is 0. The molecule has 0 amide bonds. The first-order valence-electron chi connectivity index (χ1n) is 6.06. The van der Waals surface area contributed by atoms with E-state index in [-0.39, 0.29) is 0 Å². The lowest BCUT2D eigenvalue weighted by molar-refractivity contribution is 0.301. The Morgan fingerprint density at radius 1 is 1.00 bits per heavy atom. The first-order chi connectivity index (χ1) is 8.59. The van der Waals surface area contributed by atoms with Crippen LogP contribution in [-0.4, -0.2) is 0 Å². The molecule has 0 aromatic heterocycles. The summed E-state index contributed by atoms with van der Waals surface area (Å²) in [5.74, 6) is 0.981. The van der Waals surface area contributed by atoms with Crippen molar-refractivity contribution in [3.63, 3.8) is 0 Å². The number of thiol groups is 1. The lowest BCUT2D eigenvalue weighted by Gasteiger charge is -2.15. The molecule has 0 aliphatic rings. The van der Waals surface area contributed by atoms with Gasteiger partial charge in [0.25, 0.3) is 0 Å². The monoisotopic (exact) mass is 258 g/mol. The zero-order valence-corrected chi connectivity index (χ0v) is 11.9. The van der Waals surface area contributed by atoms with Gasteiger partial charge in [-0.25, -0.2) is 0 Å². The van der Waals surface area contributed by atoms with Gasteiger partial charge in [-0.2, -0.15) is 0 Å². The molecule has 0 unspecified atom stereocenters. The maximum atomic E-state index is 5.96. The molecule has 0 heterocycles. The average molecular weight is 258 g/mol. The molecule has 18 heavy (non-hydrogen) atoms. The summed E-state index contributed by atoms with van der Waals surface area (Å²) >= 11 is 4.47. The highest BCUT2D eigenvalue weighted by atomic mass is 32.1. The Labute approximate surface area is 114 Å². The third-order valence-electron chi connectivity index (χ3n) is 3.22. The molecule has 2 heteroatoms. The zero-order valence-electron chi connectivity index (χ0n) is 11.0. The van der Waals surface area contributed by atoms with Gasteiger partial charge in [0.2, 0.25) is 0 Å². The van der Waals surface area contributed by atoms with Crippen LogP contribution < -0.4 is 4.74 Å². The van der Waals surface area contributed by atoms with Gasteiger partial charge in [-0.1, -0.05) is 30.3 Å². The second-order valence-electron chi connectivity index (χ2n) is 4.57. The van der Waals surface area contributed by atoms with E-state index in [1.54, 1.807) is 0 Å². The number of ether oxygens (including phenoxy) is 1. The molecule has 0 saturated carbocycles. The van der Waals surface area contributed by atoms with Gasteiger partial charge in [0.1, 0.15) is 12.4 Å². The van der Waals surface area contributed by atoms with Crippen molar-refractivity contribution in [2.24, 2.45) is 0 Å². The topological polar surface area (TPSA) is 9.23 Å². The van der Waals surface area contributed by atoms with Crippen molar-refractivity contribution in [2.45, 2.75) is 32.3 Å². The molecule has 0 aliphatic carbocycles. The van der Waals surface area contributed by atoms with Gasteiger partial charge in [-0.3, -0.25) is 0 Å². The third kappa shape index (κ3) is 2.70. The number of aryl methyl sites for hydroxylation is 1. The summed E-state index contributed by atoms with van der Waals surface area (Å²) < 4.78 is 5.96. The Bertz CT molecular complexity index is 547. The molecule has 0 fully saturated rings. The molecule has 0 aliphatic heterocycles. The van der Waals surface area contributed by atoms with Crippen molar-refractivity contribution in [3.05, 3.63) is 58.7 Å². The molecule has 0 atom stereocenters. The van der Waals surface area contributed by atoms with E-state index in [4.69, 9.17) is 4.74 Å². The van der Waals surface area contributed by atoms with Crippen molar-refractivity contribution in [1.82, 2.24) is 0 Å². The summed E-state index contributed by atoms with van der Waals surface area (Å²) in [4.78, 5) is 1.03. The van der Waals surface area contributed by atoms with Crippen LogP contribution in [-0.2, 0) is 6.61 Å². The number of hydrogen-bond acceptors (Lipinski definition) is 2. The highest BCUT2D eigenvalue weighted by molar-refractivity contribution is 7.80. The lowest BCUT2D eigenvalue weighted by atomic mass is 10.1. The van der Waals surface area contributed by atoms with Crippen molar-refractivity contribution in [1.29, 1.82) is 0 Å². The Kier molecular flexibility index (Phi) is 3.97. The molecule has 0 N–H and O–H groups in total. The molecule has 2 rings (SSSR count). The first-order valence-corrected chi connectivity index (χ1v) is 6.51. The number of rotatable bonds is 3. The van der Waals surface area contributed by atoms with E-state index < -0.39 is 0 Å². The largest absolute Gasteiger partial charge is 0.488 e. The van der Waals surface area contributed by atoms with Gasteiger partial charge in [-0.15, -0.1) is 12.6 Å². The standard InChI is InChI=1S/C16H18OS/c1-11-9-15(18)12(2)13(3)16(11)17-10-14-7-5-4-6-8-14/h4-9,18H,10H2,1-3H3. The molecule has 0 radical (unpaired) electrons. The fourth-order valence-corrected chi connectivity index (χ4v) is 2.35. The second kappa shape index (κ2) is 5.49. The molecule has 2 aromatic rings. The average Bonchev–Trinajstić information content (AvgIpc) is 2.37. The van der Waals surface area contributed by atoms with Gasteiger partial charge in [0.05, 0.1) is 0 Å². The van der Waals surface area contributed by atoms with E-state index >= 15 is 0 Å². The minimum Gasteiger partial charge on any atom is -0.488 e. The minimum atomic E-state index is 0.605. The summed E-state index contributed by atoms with van der Waals surface area (Å²) in [6.45, 7) is 6.83. The maximum absolute atomic E-state index is 5.96. The SMILES string of the molecule is Cc1cc(S)c(C)c(C)c1OCc1ccccc1. The van der Waals surface area contributed by atoms with Crippen LogP contribution in [0.5, 0.6) is 5.75 Å². The van der Waals surface area contributed by atoms with E-state index in [9.17, 15) is 0 Å². The van der Waals surface area contributed by atoms with Crippen LogP contribution in [0.1, 0.15) is 22.3 Å². The van der Waals surface area contributed by atoms with Crippen LogP contribution in [0.2, 0.25) is 0 Å². The van der Waals surface area contributed by atoms with Crippen LogP contribution >= 0.6 is 12.6 Å². The molecule has 2 aromatic carbocycles. The maximum Gasteiger partial charge on any atom is 0.125 e. The predicted molar refractivity (Wildman–Crippen MR) is 78.7 cm³/mol. The van der Waals surface area contributed by atoms with E-state index in [0.29, 0.717) is 6.61 Å². The molecular formula is C16H18OS. The highest BCUT2D eigenvalue weighted by Gasteiger charge is 2.09. The van der Waals surface area contributed by atoms with Gasteiger partial charge in [-0.05, 0) is 49.1 Å². The van der Waals surface area contributed by atoms with Crippen LogP contribution in [0.4, 0.5) is 0 Å². The number of benzene rings is 2. The van der Waals surface area contributed by atoms with E-state index in [0.717, 1.165) is 16.2 Å². The van der Waals surface area contributed by atoms with Crippen LogP contribution in [0.25, 0.3) is 0 Å². The van der Waals surface area contributed by atoms with E-state index in [2.05, 4.69) is 51.6 Å². The van der Waals surface area contributed by atoms with E-state index in [1.807, 2.05) is 18.2 Å². The number of hydrogen-bond donors (Lipinski definition) is 1. The Morgan fingerprint density at radius 2 is 1.67 bits per heavy atom. The predicted octanol–water partition coefficient (Wildman–Crippen LogP) is 4.48. The highest BCUT2D eigenvalue weighted by Crippen LogP contribution is 2.31. The van der Waals surface area contributed by atoms with Crippen molar-refractivity contribution in [2.75, 3.05) is 0 Å². The molecule has 0 spiro atoms. The summed E-state index contributed by atoms with van der Waals surface area (Å²) in [5, 5.41) is 0. The van der Waals surface area contributed by atoms with Crippen LogP contribution in [0.15, 0.2) is 41.3 Å². The smallest absolute Gasteiger partial charge is 0.125 e. The Hall–Kier alpha value is -1.41. The third-order valence-corrected chi connectivity index (χ3v) is 3.69. The molecule has 0 saturated heterocycles. The minimum absolute atomic E-state index is 0.605. The second-order valence-corrected chi connectivity index (χ2v) is 5.05. The van der Waals surface area contributed by atoms with E-state index in [1.165, 1.54) is 16.7 Å². The zero-order chi connectivity index (χ0) is 13.1. The quantitative estimate of drug-likeness (QED) is 0.799. The van der Waals surface area contributed by atoms with Gasteiger partial charge in [0, 0.05) is 4.90 Å². The molecular weight excluding hydrogens is 240 g/mol. The van der Waals surface area contributed by atoms with Gasteiger partial charge < -0.3 is 4.74 Å². The normalized spacial score (nSPS) is 10.4. The van der Waals surface area contributed by atoms with Crippen LogP contribution in [0.3, 0.4) is 0 Å². The first kappa shape index (κ1) is 13.0. The Balaban J connectivity index is 2.22.